The van der Waals surface area contributed by atoms with Gasteiger partial charge in [-0.3, -0.25) is 0 Å². The van der Waals surface area contributed by atoms with Crippen LogP contribution in [0.15, 0.2) is 28.5 Å². The number of aromatic nitrogens is 3. The Morgan fingerprint density at radius 3 is 2.72 bits per heavy atom. The first-order chi connectivity index (χ1) is 8.61. The number of aryl methyl sites for hydroxylation is 1. The van der Waals surface area contributed by atoms with Crippen LogP contribution < -0.4 is 0 Å². The summed E-state index contributed by atoms with van der Waals surface area (Å²) >= 11 is 13.3. The van der Waals surface area contributed by atoms with Gasteiger partial charge in [0.15, 0.2) is 5.82 Å². The molecule has 0 saturated heterocycles. The van der Waals surface area contributed by atoms with Crippen LogP contribution in [0.4, 0.5) is 0 Å². The van der Waals surface area contributed by atoms with Crippen LogP contribution in [0.5, 0.6) is 0 Å². The van der Waals surface area contributed by atoms with E-state index in [4.69, 9.17) is 23.2 Å². The SMILES string of the molecule is CSc1nnc(C)n1/N=C\c1ccc(Cl)c(Cl)c1. The van der Waals surface area contributed by atoms with Crippen LogP contribution in [0.2, 0.25) is 10.0 Å². The van der Waals surface area contributed by atoms with Gasteiger partial charge in [-0.15, -0.1) is 10.2 Å². The van der Waals surface area contributed by atoms with Gasteiger partial charge in [0.05, 0.1) is 16.3 Å². The highest BCUT2D eigenvalue weighted by Gasteiger charge is 2.05. The Morgan fingerprint density at radius 1 is 1.28 bits per heavy atom. The standard InChI is InChI=1S/C11H10Cl2N4S/c1-7-15-16-11(18-2)17(7)14-6-8-3-4-9(12)10(13)5-8/h3-6H,1-2H3/b14-6-. The minimum Gasteiger partial charge on any atom is -0.192 e. The van der Waals surface area contributed by atoms with Gasteiger partial charge in [-0.25, -0.2) is 0 Å². The zero-order valence-corrected chi connectivity index (χ0v) is 12.1. The summed E-state index contributed by atoms with van der Waals surface area (Å²) in [6.07, 6.45) is 3.62. The van der Waals surface area contributed by atoms with Gasteiger partial charge in [0.1, 0.15) is 0 Å². The summed E-state index contributed by atoms with van der Waals surface area (Å²) in [7, 11) is 0. The van der Waals surface area contributed by atoms with Gasteiger partial charge in [-0.2, -0.15) is 9.78 Å². The van der Waals surface area contributed by atoms with Crippen molar-refractivity contribution < 1.29 is 0 Å². The van der Waals surface area contributed by atoms with Gasteiger partial charge in [-0.1, -0.05) is 41.0 Å². The second-order valence-corrected chi connectivity index (χ2v) is 5.05. The molecular weight excluding hydrogens is 291 g/mol. The van der Waals surface area contributed by atoms with E-state index in [2.05, 4.69) is 15.3 Å². The van der Waals surface area contributed by atoms with E-state index in [1.165, 1.54) is 11.8 Å². The minimum atomic E-state index is 0.506. The van der Waals surface area contributed by atoms with E-state index >= 15 is 0 Å². The second-order valence-electron chi connectivity index (χ2n) is 3.46. The van der Waals surface area contributed by atoms with Gasteiger partial charge in [0.2, 0.25) is 5.16 Å². The van der Waals surface area contributed by atoms with E-state index in [0.29, 0.717) is 10.0 Å². The van der Waals surface area contributed by atoms with Crippen LogP contribution in [-0.4, -0.2) is 27.3 Å². The maximum absolute atomic E-state index is 5.94. The molecule has 0 N–H and O–H groups in total. The molecule has 4 nitrogen and oxygen atoms in total. The van der Waals surface area contributed by atoms with Crippen molar-refractivity contribution >= 4 is 41.2 Å². The molecule has 0 aliphatic heterocycles. The van der Waals surface area contributed by atoms with Gasteiger partial charge in [-0.05, 0) is 30.9 Å². The largest absolute Gasteiger partial charge is 0.211 e. The van der Waals surface area contributed by atoms with Crippen LogP contribution in [0.25, 0.3) is 0 Å². The van der Waals surface area contributed by atoms with Crippen molar-refractivity contribution in [1.82, 2.24) is 14.9 Å². The molecule has 0 aliphatic rings. The third kappa shape index (κ3) is 2.85. The number of rotatable bonds is 3. The molecule has 0 radical (unpaired) electrons. The average Bonchev–Trinajstić information content (AvgIpc) is 2.71. The highest BCUT2D eigenvalue weighted by Crippen LogP contribution is 2.22. The van der Waals surface area contributed by atoms with Crippen molar-refractivity contribution in [3.8, 4) is 0 Å². The van der Waals surface area contributed by atoms with Crippen LogP contribution in [-0.2, 0) is 0 Å². The average molecular weight is 301 g/mol. The number of hydrogen-bond acceptors (Lipinski definition) is 4. The molecule has 1 heterocycles. The number of benzene rings is 1. The monoisotopic (exact) mass is 300 g/mol. The molecule has 0 atom stereocenters. The molecule has 94 valence electrons. The Kier molecular flexibility index (Phi) is 4.27. The van der Waals surface area contributed by atoms with E-state index < -0.39 is 0 Å². The number of halogens is 2. The summed E-state index contributed by atoms with van der Waals surface area (Å²) in [5.74, 6) is 0.732. The van der Waals surface area contributed by atoms with Crippen molar-refractivity contribution in [3.63, 3.8) is 0 Å². The molecule has 0 amide bonds. The lowest BCUT2D eigenvalue weighted by Crippen LogP contribution is -1.95. The van der Waals surface area contributed by atoms with E-state index in [-0.39, 0.29) is 0 Å². The van der Waals surface area contributed by atoms with E-state index in [1.54, 1.807) is 23.0 Å². The number of hydrogen-bond donors (Lipinski definition) is 0. The van der Waals surface area contributed by atoms with E-state index in [1.807, 2.05) is 19.2 Å². The van der Waals surface area contributed by atoms with Crippen LogP contribution >= 0.6 is 35.0 Å². The quantitative estimate of drug-likeness (QED) is 0.644. The van der Waals surface area contributed by atoms with Crippen molar-refractivity contribution in [3.05, 3.63) is 39.6 Å². The normalized spacial score (nSPS) is 11.3. The number of thioether (sulfide) groups is 1. The Morgan fingerprint density at radius 2 is 2.06 bits per heavy atom. The Bertz CT molecular complexity index is 595. The van der Waals surface area contributed by atoms with Gasteiger partial charge in [0, 0.05) is 0 Å². The summed E-state index contributed by atoms with van der Waals surface area (Å²) in [5, 5.41) is 14.0. The molecule has 7 heteroatoms. The summed E-state index contributed by atoms with van der Waals surface area (Å²) in [6, 6.07) is 5.34. The Hall–Kier alpha value is -1.04. The fraction of sp³-hybridized carbons (Fsp3) is 0.182. The lowest BCUT2D eigenvalue weighted by atomic mass is 10.2. The molecule has 0 unspecified atom stereocenters. The smallest absolute Gasteiger partial charge is 0.192 e. The first-order valence-corrected chi connectivity index (χ1v) is 7.05. The molecule has 2 rings (SSSR count). The van der Waals surface area contributed by atoms with Crippen molar-refractivity contribution in [2.45, 2.75) is 12.1 Å². The molecule has 0 saturated carbocycles. The maximum Gasteiger partial charge on any atom is 0.211 e. The fourth-order valence-electron chi connectivity index (χ4n) is 1.32. The third-order valence-corrected chi connectivity index (χ3v) is 3.58. The zero-order valence-electron chi connectivity index (χ0n) is 9.76. The van der Waals surface area contributed by atoms with Crippen molar-refractivity contribution in [2.24, 2.45) is 5.10 Å². The van der Waals surface area contributed by atoms with Crippen LogP contribution in [0, 0.1) is 6.92 Å². The molecule has 0 fully saturated rings. The van der Waals surface area contributed by atoms with Crippen LogP contribution in [0.1, 0.15) is 11.4 Å². The van der Waals surface area contributed by atoms with Crippen molar-refractivity contribution in [2.75, 3.05) is 6.26 Å². The summed E-state index contributed by atoms with van der Waals surface area (Å²) in [5.41, 5.74) is 0.865. The zero-order chi connectivity index (χ0) is 13.1. The minimum absolute atomic E-state index is 0.506. The molecule has 0 aliphatic carbocycles. The number of nitrogens with zero attached hydrogens (tertiary/aromatic N) is 4. The van der Waals surface area contributed by atoms with E-state index in [9.17, 15) is 0 Å². The molecule has 1 aromatic carbocycles. The predicted octanol–water partition coefficient (Wildman–Crippen LogP) is 3.50. The van der Waals surface area contributed by atoms with Gasteiger partial charge >= 0.3 is 0 Å². The van der Waals surface area contributed by atoms with Gasteiger partial charge < -0.3 is 0 Å². The molecule has 18 heavy (non-hydrogen) atoms. The first kappa shape index (κ1) is 13.4. The molecular formula is C11H10Cl2N4S. The van der Waals surface area contributed by atoms with Crippen molar-refractivity contribution in [1.29, 1.82) is 0 Å². The molecule has 0 spiro atoms. The maximum atomic E-state index is 5.94. The third-order valence-electron chi connectivity index (χ3n) is 2.22. The van der Waals surface area contributed by atoms with E-state index in [0.717, 1.165) is 16.5 Å². The second kappa shape index (κ2) is 5.73. The van der Waals surface area contributed by atoms with Gasteiger partial charge in [0.25, 0.3) is 0 Å². The topological polar surface area (TPSA) is 43.1 Å². The summed E-state index contributed by atoms with van der Waals surface area (Å²) < 4.78 is 1.67. The summed E-state index contributed by atoms with van der Waals surface area (Å²) in [6.45, 7) is 1.85. The first-order valence-electron chi connectivity index (χ1n) is 5.07. The summed E-state index contributed by atoms with van der Waals surface area (Å²) in [4.78, 5) is 0. The molecule has 0 bridgehead atoms. The molecule has 2 aromatic rings. The predicted molar refractivity (Wildman–Crippen MR) is 76.0 cm³/mol. The highest BCUT2D eigenvalue weighted by molar-refractivity contribution is 7.98. The Balaban J connectivity index is 2.29. The Labute approximate surface area is 119 Å². The lowest BCUT2D eigenvalue weighted by Gasteiger charge is -2.00. The lowest BCUT2D eigenvalue weighted by molar-refractivity contribution is 0.745. The highest BCUT2D eigenvalue weighted by atomic mass is 35.5. The van der Waals surface area contributed by atoms with Crippen LogP contribution in [0.3, 0.4) is 0 Å². The molecule has 1 aromatic heterocycles. The fourth-order valence-corrected chi connectivity index (χ4v) is 2.10.